The van der Waals surface area contributed by atoms with Crippen LogP contribution in [0.3, 0.4) is 0 Å². The van der Waals surface area contributed by atoms with E-state index in [1.807, 2.05) is 61.7 Å². The molecule has 0 spiro atoms. The molecule has 5 nitrogen and oxygen atoms in total. The molecule has 0 saturated heterocycles. The Morgan fingerprint density at radius 1 is 0.935 bits per heavy atom. The van der Waals surface area contributed by atoms with Gasteiger partial charge in [0.15, 0.2) is 0 Å². The zero-order chi connectivity index (χ0) is 21.3. The van der Waals surface area contributed by atoms with Crippen LogP contribution in [0.15, 0.2) is 77.6 Å². The minimum Gasteiger partial charge on any atom is -0.494 e. The molecular formula is C26H29N3O2. The number of benzene rings is 1. The van der Waals surface area contributed by atoms with Crippen LogP contribution in [-0.4, -0.2) is 28.9 Å². The first-order chi connectivity index (χ1) is 15.3. The lowest BCUT2D eigenvalue weighted by atomic mass is 10.1. The van der Waals surface area contributed by atoms with Crippen molar-refractivity contribution >= 4 is 11.8 Å². The summed E-state index contributed by atoms with van der Waals surface area (Å²) in [7, 11) is 0. The van der Waals surface area contributed by atoms with Crippen LogP contribution in [0.2, 0.25) is 0 Å². The maximum atomic E-state index is 5.81. The normalized spacial score (nSPS) is 14.2. The molecule has 3 aromatic rings. The van der Waals surface area contributed by atoms with Gasteiger partial charge >= 0.3 is 0 Å². The number of H-pyrrole nitrogens is 2. The first-order valence-corrected chi connectivity index (χ1v) is 11.0. The molecule has 0 fully saturated rings. The van der Waals surface area contributed by atoms with Crippen LogP contribution >= 0.6 is 0 Å². The Kier molecular flexibility index (Phi) is 7.06. The summed E-state index contributed by atoms with van der Waals surface area (Å²) in [5.74, 6) is 1.78. The van der Waals surface area contributed by atoms with E-state index in [9.17, 15) is 0 Å². The fraction of sp³-hybridized carbons (Fsp3) is 0.269. The fourth-order valence-corrected chi connectivity index (χ4v) is 3.56. The number of hydrogen-bond acceptors (Lipinski definition) is 3. The maximum absolute atomic E-state index is 5.81. The zero-order valence-electron chi connectivity index (χ0n) is 17.9. The Hall–Kier alpha value is -3.47. The highest BCUT2D eigenvalue weighted by Gasteiger charge is 2.12. The lowest BCUT2D eigenvalue weighted by Crippen LogP contribution is -1.98. The summed E-state index contributed by atoms with van der Waals surface area (Å²) in [6, 6.07) is 16.0. The van der Waals surface area contributed by atoms with Crippen LogP contribution < -0.4 is 9.47 Å². The van der Waals surface area contributed by atoms with E-state index in [4.69, 9.17) is 14.5 Å². The van der Waals surface area contributed by atoms with Crippen molar-refractivity contribution in [3.8, 4) is 22.9 Å². The Bertz CT molecular complexity index is 1040. The van der Waals surface area contributed by atoms with Gasteiger partial charge in [0, 0.05) is 18.0 Å². The van der Waals surface area contributed by atoms with E-state index < -0.39 is 0 Å². The van der Waals surface area contributed by atoms with Gasteiger partial charge in [-0.3, -0.25) is 4.99 Å². The van der Waals surface area contributed by atoms with E-state index in [1.54, 1.807) is 0 Å². The Morgan fingerprint density at radius 3 is 2.65 bits per heavy atom. The van der Waals surface area contributed by atoms with Crippen LogP contribution in [0, 0.1) is 0 Å². The maximum Gasteiger partial charge on any atom is 0.144 e. The molecule has 4 rings (SSSR count). The number of ether oxygens (including phenoxy) is 2. The molecule has 1 aliphatic rings. The molecule has 1 aliphatic heterocycles. The van der Waals surface area contributed by atoms with Gasteiger partial charge < -0.3 is 19.4 Å². The number of rotatable bonds is 11. The van der Waals surface area contributed by atoms with Gasteiger partial charge in [0.1, 0.15) is 11.5 Å². The molecule has 0 radical (unpaired) electrons. The van der Waals surface area contributed by atoms with Gasteiger partial charge in [-0.15, -0.1) is 0 Å². The number of allylic oxidation sites excluding steroid dienone is 2. The number of hydrogen-bond donors (Lipinski definition) is 2. The van der Waals surface area contributed by atoms with Gasteiger partial charge in [-0.1, -0.05) is 18.2 Å². The predicted molar refractivity (Wildman–Crippen MR) is 127 cm³/mol. The highest BCUT2D eigenvalue weighted by Crippen LogP contribution is 2.29. The summed E-state index contributed by atoms with van der Waals surface area (Å²) < 4.78 is 11.6. The number of nitrogens with one attached hydrogen (secondary N) is 2. The number of aromatic nitrogens is 2. The van der Waals surface area contributed by atoms with Crippen molar-refractivity contribution in [2.75, 3.05) is 13.2 Å². The molecule has 0 atom stereocenters. The lowest BCUT2D eigenvalue weighted by Gasteiger charge is -2.05. The average molecular weight is 416 g/mol. The van der Waals surface area contributed by atoms with E-state index in [2.05, 4.69) is 28.2 Å². The van der Waals surface area contributed by atoms with Crippen molar-refractivity contribution in [1.29, 1.82) is 0 Å². The van der Waals surface area contributed by atoms with Crippen LogP contribution in [0.4, 0.5) is 0 Å². The van der Waals surface area contributed by atoms with Crippen molar-refractivity contribution in [1.82, 2.24) is 9.97 Å². The first-order valence-electron chi connectivity index (χ1n) is 11.0. The number of aromatic amines is 2. The molecule has 5 heteroatoms. The second-order valence-electron chi connectivity index (χ2n) is 7.46. The van der Waals surface area contributed by atoms with Gasteiger partial charge in [0.2, 0.25) is 0 Å². The van der Waals surface area contributed by atoms with Gasteiger partial charge in [0.25, 0.3) is 0 Å². The molecule has 31 heavy (non-hydrogen) atoms. The number of para-hydroxylation sites is 1. The molecule has 0 amide bonds. The Balaban J connectivity index is 1.28. The summed E-state index contributed by atoms with van der Waals surface area (Å²) in [5.41, 5.74) is 5.05. The second-order valence-corrected chi connectivity index (χ2v) is 7.46. The number of nitrogens with zero attached hydrogens (tertiary/aromatic N) is 1. The molecule has 3 heterocycles. The third-order valence-corrected chi connectivity index (χ3v) is 5.10. The smallest absolute Gasteiger partial charge is 0.144 e. The van der Waals surface area contributed by atoms with Crippen LogP contribution in [0.5, 0.6) is 11.5 Å². The fourth-order valence-electron chi connectivity index (χ4n) is 3.56. The van der Waals surface area contributed by atoms with Crippen LogP contribution in [0.25, 0.3) is 17.5 Å². The Morgan fingerprint density at radius 2 is 1.84 bits per heavy atom. The van der Waals surface area contributed by atoms with Crippen molar-refractivity contribution in [3.63, 3.8) is 0 Å². The molecule has 0 aliphatic carbocycles. The molecule has 0 unspecified atom stereocenters. The third-order valence-electron chi connectivity index (χ3n) is 5.10. The standard InChI is InChI=1S/C26H29N3O2/c1-2-30-26-19-24(23-13-9-16-27-23)29-25(26)18-21-15-14-20(28-21)10-5-4-8-17-31-22-11-6-3-7-12-22/h3,6-7,9,11-16,18-19,27,29H,2,4-5,8,10,17H2,1H3. The highest BCUT2D eigenvalue weighted by atomic mass is 16.5. The Labute approximate surface area is 183 Å². The SMILES string of the molecule is CCOc1cc(-c2ccc[nH]2)[nH]c1C=C1C=CC(CCCCCOc2ccccc2)=N1. The van der Waals surface area contributed by atoms with Crippen LogP contribution in [-0.2, 0) is 0 Å². The van der Waals surface area contributed by atoms with Crippen molar-refractivity contribution < 1.29 is 9.47 Å². The van der Waals surface area contributed by atoms with Crippen LogP contribution in [0.1, 0.15) is 38.3 Å². The molecule has 2 N–H and O–H groups in total. The minimum atomic E-state index is 0.622. The molecule has 0 saturated carbocycles. The number of aliphatic imine (C=N–C) groups is 1. The van der Waals surface area contributed by atoms with E-state index in [-0.39, 0.29) is 0 Å². The van der Waals surface area contributed by atoms with E-state index in [1.165, 1.54) is 0 Å². The topological polar surface area (TPSA) is 62.4 Å². The quantitative estimate of drug-likeness (QED) is 0.356. The van der Waals surface area contributed by atoms with Gasteiger partial charge in [-0.05, 0) is 75.1 Å². The summed E-state index contributed by atoms with van der Waals surface area (Å²) in [4.78, 5) is 11.4. The summed E-state index contributed by atoms with van der Waals surface area (Å²) >= 11 is 0. The monoisotopic (exact) mass is 415 g/mol. The van der Waals surface area contributed by atoms with Gasteiger partial charge in [-0.25, -0.2) is 0 Å². The largest absolute Gasteiger partial charge is 0.494 e. The van der Waals surface area contributed by atoms with E-state index in [0.29, 0.717) is 6.61 Å². The van der Waals surface area contributed by atoms with Crippen molar-refractivity contribution in [3.05, 3.63) is 78.3 Å². The highest BCUT2D eigenvalue weighted by molar-refractivity contribution is 5.99. The number of unbranched alkanes of at least 4 members (excludes halogenated alkanes) is 2. The minimum absolute atomic E-state index is 0.622. The first kappa shape index (κ1) is 20.8. The van der Waals surface area contributed by atoms with Gasteiger partial charge in [-0.2, -0.15) is 0 Å². The van der Waals surface area contributed by atoms with E-state index in [0.717, 1.165) is 72.3 Å². The molecule has 1 aromatic carbocycles. The second kappa shape index (κ2) is 10.5. The zero-order valence-corrected chi connectivity index (χ0v) is 17.9. The van der Waals surface area contributed by atoms with Crippen molar-refractivity contribution in [2.45, 2.75) is 32.6 Å². The molecular weight excluding hydrogens is 386 g/mol. The van der Waals surface area contributed by atoms with Gasteiger partial charge in [0.05, 0.1) is 36.0 Å². The summed E-state index contributed by atoms with van der Waals surface area (Å²) in [6.45, 7) is 3.37. The molecule has 2 aromatic heterocycles. The summed E-state index contributed by atoms with van der Waals surface area (Å²) in [6.07, 6.45) is 12.4. The average Bonchev–Trinajstić information content (AvgIpc) is 3.54. The lowest BCUT2D eigenvalue weighted by molar-refractivity contribution is 0.306. The van der Waals surface area contributed by atoms with Crippen molar-refractivity contribution in [2.24, 2.45) is 4.99 Å². The van der Waals surface area contributed by atoms with E-state index >= 15 is 0 Å². The summed E-state index contributed by atoms with van der Waals surface area (Å²) in [5, 5.41) is 0. The molecule has 160 valence electrons. The third kappa shape index (κ3) is 5.79. The molecule has 0 bridgehead atoms. The predicted octanol–water partition coefficient (Wildman–Crippen LogP) is 6.40.